The Kier molecular flexibility index (Phi) is 4.60. The van der Waals surface area contributed by atoms with Crippen LogP contribution >= 0.6 is 27.3 Å². The zero-order valence-electron chi connectivity index (χ0n) is 10.3. The van der Waals surface area contributed by atoms with Crippen LogP contribution in [0, 0.1) is 0 Å². The number of hydrogen-bond acceptors (Lipinski definition) is 4. The molecule has 0 atom stereocenters. The van der Waals surface area contributed by atoms with Gasteiger partial charge in [-0.1, -0.05) is 6.92 Å². The Morgan fingerprint density at radius 3 is 2.83 bits per heavy atom. The lowest BCUT2D eigenvalue weighted by atomic mass is 10.3. The highest BCUT2D eigenvalue weighted by atomic mass is 79.9. The van der Waals surface area contributed by atoms with Gasteiger partial charge in [0.25, 0.3) is 0 Å². The minimum absolute atomic E-state index is 0.488. The first kappa shape index (κ1) is 13.4. The van der Waals surface area contributed by atoms with Crippen molar-refractivity contribution in [3.8, 4) is 11.5 Å². The fraction of sp³-hybridized carbons (Fsp3) is 0.308. The van der Waals surface area contributed by atoms with Crippen LogP contribution in [-0.4, -0.2) is 12.1 Å². The predicted octanol–water partition coefficient (Wildman–Crippen LogP) is 4.06. The van der Waals surface area contributed by atoms with Gasteiger partial charge in [0.05, 0.1) is 22.3 Å². The molecule has 1 aromatic heterocycles. The molecule has 0 aliphatic heterocycles. The molecule has 18 heavy (non-hydrogen) atoms. The number of aromatic nitrogens is 1. The molecule has 0 saturated carbocycles. The predicted molar refractivity (Wildman–Crippen MR) is 76.5 cm³/mol. The van der Waals surface area contributed by atoms with Crippen molar-refractivity contribution in [2.24, 2.45) is 0 Å². The largest absolute Gasteiger partial charge is 0.497 e. The van der Waals surface area contributed by atoms with E-state index in [1.54, 1.807) is 18.4 Å². The number of nitrogens with zero attached hydrogens (tertiary/aromatic N) is 1. The minimum Gasteiger partial charge on any atom is -0.497 e. The van der Waals surface area contributed by atoms with E-state index < -0.39 is 0 Å². The molecule has 2 rings (SSSR count). The van der Waals surface area contributed by atoms with Crippen molar-refractivity contribution in [1.82, 2.24) is 4.98 Å². The number of aryl methyl sites for hydroxylation is 1. The zero-order chi connectivity index (χ0) is 13.0. The van der Waals surface area contributed by atoms with Crippen LogP contribution in [0.3, 0.4) is 0 Å². The summed E-state index contributed by atoms with van der Waals surface area (Å²) in [4.78, 5) is 4.46. The first-order valence-corrected chi connectivity index (χ1v) is 7.29. The van der Waals surface area contributed by atoms with E-state index in [1.165, 1.54) is 0 Å². The highest BCUT2D eigenvalue weighted by Crippen LogP contribution is 2.29. The maximum Gasteiger partial charge on any atom is 0.134 e. The number of thiazole rings is 1. The molecule has 0 aliphatic carbocycles. The third-order valence-corrected chi connectivity index (χ3v) is 4.08. The van der Waals surface area contributed by atoms with E-state index in [0.717, 1.165) is 33.1 Å². The van der Waals surface area contributed by atoms with Gasteiger partial charge in [-0.15, -0.1) is 11.3 Å². The van der Waals surface area contributed by atoms with Gasteiger partial charge in [0.1, 0.15) is 18.1 Å². The van der Waals surface area contributed by atoms with E-state index >= 15 is 0 Å². The molecule has 1 heterocycles. The van der Waals surface area contributed by atoms with Gasteiger partial charge in [-0.05, 0) is 40.5 Å². The molecule has 96 valence electrons. The zero-order valence-corrected chi connectivity index (χ0v) is 12.7. The van der Waals surface area contributed by atoms with Crippen molar-refractivity contribution in [2.75, 3.05) is 7.11 Å². The molecule has 5 heteroatoms. The van der Waals surface area contributed by atoms with Crippen molar-refractivity contribution >= 4 is 27.3 Å². The summed E-state index contributed by atoms with van der Waals surface area (Å²) in [6, 6.07) is 5.64. The SMILES string of the molecule is CCc1nc(COc2ccc(OC)cc2Br)cs1. The van der Waals surface area contributed by atoms with Gasteiger partial charge in [-0.2, -0.15) is 0 Å². The average molecular weight is 328 g/mol. The highest BCUT2D eigenvalue weighted by molar-refractivity contribution is 9.10. The van der Waals surface area contributed by atoms with E-state index in [9.17, 15) is 0 Å². The number of methoxy groups -OCH3 is 1. The maximum absolute atomic E-state index is 5.72. The molecular formula is C13H14BrNO2S. The smallest absolute Gasteiger partial charge is 0.134 e. The van der Waals surface area contributed by atoms with E-state index in [1.807, 2.05) is 23.6 Å². The minimum atomic E-state index is 0.488. The Hall–Kier alpha value is -1.07. The van der Waals surface area contributed by atoms with Gasteiger partial charge in [-0.3, -0.25) is 0 Å². The molecule has 2 aromatic rings. The molecule has 0 unspecified atom stereocenters. The van der Waals surface area contributed by atoms with Crippen LogP contribution in [0.15, 0.2) is 28.1 Å². The number of benzene rings is 1. The molecule has 0 fully saturated rings. The van der Waals surface area contributed by atoms with E-state index in [2.05, 4.69) is 27.8 Å². The fourth-order valence-electron chi connectivity index (χ4n) is 1.45. The second-order valence-electron chi connectivity index (χ2n) is 3.67. The van der Waals surface area contributed by atoms with Crippen LogP contribution in [0.25, 0.3) is 0 Å². The lowest BCUT2D eigenvalue weighted by Gasteiger charge is -2.08. The van der Waals surface area contributed by atoms with Crippen LogP contribution in [0.5, 0.6) is 11.5 Å². The quantitative estimate of drug-likeness (QED) is 0.830. The van der Waals surface area contributed by atoms with Crippen molar-refractivity contribution in [2.45, 2.75) is 20.0 Å². The molecular weight excluding hydrogens is 314 g/mol. The Bertz CT molecular complexity index is 527. The molecule has 1 aromatic carbocycles. The van der Waals surface area contributed by atoms with E-state index in [-0.39, 0.29) is 0 Å². The topological polar surface area (TPSA) is 31.4 Å². The standard InChI is InChI=1S/C13H14BrNO2S/c1-3-13-15-9(8-18-13)7-17-12-5-4-10(16-2)6-11(12)14/h4-6,8H,3,7H2,1-2H3. The first-order chi connectivity index (χ1) is 8.72. The van der Waals surface area contributed by atoms with Crippen LogP contribution < -0.4 is 9.47 Å². The van der Waals surface area contributed by atoms with E-state index in [0.29, 0.717) is 6.61 Å². The van der Waals surface area contributed by atoms with Crippen molar-refractivity contribution in [3.05, 3.63) is 38.8 Å². The fourth-order valence-corrected chi connectivity index (χ4v) is 2.66. The molecule has 0 spiro atoms. The van der Waals surface area contributed by atoms with Gasteiger partial charge in [0.15, 0.2) is 0 Å². The summed E-state index contributed by atoms with van der Waals surface area (Å²) in [6.45, 7) is 2.59. The molecule has 0 bridgehead atoms. The summed E-state index contributed by atoms with van der Waals surface area (Å²) in [7, 11) is 1.64. The van der Waals surface area contributed by atoms with Crippen molar-refractivity contribution in [1.29, 1.82) is 0 Å². The molecule has 0 N–H and O–H groups in total. The summed E-state index contributed by atoms with van der Waals surface area (Å²) < 4.78 is 11.7. The third-order valence-electron chi connectivity index (χ3n) is 2.42. The van der Waals surface area contributed by atoms with Crippen molar-refractivity contribution in [3.63, 3.8) is 0 Å². The maximum atomic E-state index is 5.72. The van der Waals surface area contributed by atoms with Crippen LogP contribution in [-0.2, 0) is 13.0 Å². The molecule has 0 aliphatic rings. The second-order valence-corrected chi connectivity index (χ2v) is 5.47. The van der Waals surface area contributed by atoms with Crippen LogP contribution in [0.2, 0.25) is 0 Å². The lowest BCUT2D eigenvalue weighted by Crippen LogP contribution is -1.97. The Labute approximate surface area is 119 Å². The molecule has 0 amide bonds. The number of ether oxygens (including phenoxy) is 2. The van der Waals surface area contributed by atoms with Gasteiger partial charge in [-0.25, -0.2) is 4.98 Å². The highest BCUT2D eigenvalue weighted by Gasteiger charge is 2.05. The summed E-state index contributed by atoms with van der Waals surface area (Å²) >= 11 is 5.13. The Morgan fingerprint density at radius 2 is 2.22 bits per heavy atom. The van der Waals surface area contributed by atoms with Crippen LogP contribution in [0.1, 0.15) is 17.6 Å². The summed E-state index contributed by atoms with van der Waals surface area (Å²) in [5.74, 6) is 1.60. The Balaban J connectivity index is 2.01. The van der Waals surface area contributed by atoms with Gasteiger partial charge >= 0.3 is 0 Å². The lowest BCUT2D eigenvalue weighted by molar-refractivity contribution is 0.299. The summed E-state index contributed by atoms with van der Waals surface area (Å²) in [6.07, 6.45) is 0.969. The number of rotatable bonds is 5. The van der Waals surface area contributed by atoms with Crippen molar-refractivity contribution < 1.29 is 9.47 Å². The van der Waals surface area contributed by atoms with Crippen LogP contribution in [0.4, 0.5) is 0 Å². The van der Waals surface area contributed by atoms with Gasteiger partial charge < -0.3 is 9.47 Å². The third kappa shape index (κ3) is 3.23. The average Bonchev–Trinajstić information content (AvgIpc) is 2.85. The summed E-state index contributed by atoms with van der Waals surface area (Å²) in [5, 5.41) is 3.18. The normalized spacial score (nSPS) is 10.4. The second kappa shape index (κ2) is 6.20. The molecule has 0 radical (unpaired) electrons. The molecule has 0 saturated heterocycles. The number of hydrogen-bond donors (Lipinski definition) is 0. The van der Waals surface area contributed by atoms with Gasteiger partial charge in [0.2, 0.25) is 0 Å². The summed E-state index contributed by atoms with van der Waals surface area (Å²) in [5.41, 5.74) is 0.972. The number of halogens is 1. The van der Waals surface area contributed by atoms with E-state index in [4.69, 9.17) is 9.47 Å². The monoisotopic (exact) mass is 327 g/mol. The Morgan fingerprint density at radius 1 is 1.39 bits per heavy atom. The van der Waals surface area contributed by atoms with Gasteiger partial charge in [0, 0.05) is 5.38 Å². The first-order valence-electron chi connectivity index (χ1n) is 5.62. The molecule has 3 nitrogen and oxygen atoms in total.